The number of nitro groups is 1. The van der Waals surface area contributed by atoms with Crippen LogP contribution in [0.25, 0.3) is 11.5 Å². The number of anilines is 1. The summed E-state index contributed by atoms with van der Waals surface area (Å²) in [7, 11) is 0. The van der Waals surface area contributed by atoms with E-state index < -0.39 is 4.92 Å². The summed E-state index contributed by atoms with van der Waals surface area (Å²) in [6, 6.07) is 18.6. The molecule has 0 N–H and O–H groups in total. The molecule has 29 heavy (non-hydrogen) atoms. The van der Waals surface area contributed by atoms with E-state index in [9.17, 15) is 15.4 Å². The van der Waals surface area contributed by atoms with Gasteiger partial charge in [0.05, 0.1) is 4.92 Å². The third-order valence-electron chi connectivity index (χ3n) is 5.31. The Morgan fingerprint density at radius 2 is 1.83 bits per heavy atom. The van der Waals surface area contributed by atoms with E-state index in [1.54, 1.807) is 12.1 Å². The first-order valence-corrected chi connectivity index (χ1v) is 9.58. The minimum atomic E-state index is -0.453. The number of hydrogen-bond donors (Lipinski definition) is 0. The molecule has 1 fully saturated rings. The second-order valence-electron chi connectivity index (χ2n) is 7.21. The minimum absolute atomic E-state index is 0.00141. The van der Waals surface area contributed by atoms with Gasteiger partial charge in [0.25, 0.3) is 5.69 Å². The standard InChI is InChI=1S/C22H20N4O3/c23-15-20-22(29-21(24-20)18-6-8-19(9-7-18)26(27)28)25-12-10-17(11-13-25)14-16-4-2-1-3-5-16/h1-9,17H,10-14H2. The molecule has 7 heteroatoms. The maximum Gasteiger partial charge on any atom is 0.269 e. The molecule has 0 amide bonds. The molecule has 0 saturated carbocycles. The number of non-ortho nitro benzene ring substituents is 1. The topological polar surface area (TPSA) is 96.2 Å². The van der Waals surface area contributed by atoms with Gasteiger partial charge in [0, 0.05) is 30.8 Å². The summed E-state index contributed by atoms with van der Waals surface area (Å²) in [6.45, 7) is 1.61. The van der Waals surface area contributed by atoms with Gasteiger partial charge < -0.3 is 9.32 Å². The molecular formula is C22H20N4O3. The molecule has 7 nitrogen and oxygen atoms in total. The monoisotopic (exact) mass is 388 g/mol. The molecule has 2 aromatic carbocycles. The molecule has 0 atom stereocenters. The van der Waals surface area contributed by atoms with Gasteiger partial charge in [-0.25, -0.2) is 0 Å². The highest BCUT2D eigenvalue weighted by atomic mass is 16.6. The molecule has 0 aliphatic carbocycles. The molecule has 1 saturated heterocycles. The molecule has 4 rings (SSSR count). The fourth-order valence-corrected chi connectivity index (χ4v) is 3.74. The Bertz CT molecular complexity index is 1030. The maximum absolute atomic E-state index is 10.8. The first-order chi connectivity index (χ1) is 14.1. The Morgan fingerprint density at radius 1 is 1.14 bits per heavy atom. The van der Waals surface area contributed by atoms with Gasteiger partial charge >= 0.3 is 0 Å². The normalized spacial score (nSPS) is 14.5. The predicted octanol–water partition coefficient (Wildman–Crippen LogP) is 4.58. The number of aromatic nitrogens is 1. The van der Waals surface area contributed by atoms with Crippen LogP contribution in [-0.2, 0) is 6.42 Å². The number of nitriles is 1. The highest BCUT2D eigenvalue weighted by Crippen LogP contribution is 2.32. The summed E-state index contributed by atoms with van der Waals surface area (Å²) in [6.07, 6.45) is 3.10. The fourth-order valence-electron chi connectivity index (χ4n) is 3.74. The van der Waals surface area contributed by atoms with Gasteiger partial charge in [0.2, 0.25) is 17.5 Å². The second kappa shape index (κ2) is 8.15. The first-order valence-electron chi connectivity index (χ1n) is 9.58. The van der Waals surface area contributed by atoms with E-state index in [2.05, 4.69) is 40.2 Å². The number of nitrogens with zero attached hydrogens (tertiary/aromatic N) is 4. The number of benzene rings is 2. The first kappa shape index (κ1) is 18.7. The van der Waals surface area contributed by atoms with Gasteiger partial charge in [-0.05, 0) is 42.9 Å². The van der Waals surface area contributed by atoms with Crippen molar-refractivity contribution in [2.45, 2.75) is 19.3 Å². The molecule has 1 aliphatic rings. The third kappa shape index (κ3) is 4.11. The lowest BCUT2D eigenvalue weighted by atomic mass is 9.90. The van der Waals surface area contributed by atoms with Crippen LogP contribution in [0, 0.1) is 27.4 Å². The minimum Gasteiger partial charge on any atom is -0.419 e. The van der Waals surface area contributed by atoms with Crippen LogP contribution in [0.15, 0.2) is 59.0 Å². The van der Waals surface area contributed by atoms with Crippen molar-refractivity contribution in [2.75, 3.05) is 18.0 Å². The van der Waals surface area contributed by atoms with Gasteiger partial charge in [-0.1, -0.05) is 30.3 Å². The van der Waals surface area contributed by atoms with Gasteiger partial charge in [-0.15, -0.1) is 0 Å². The van der Waals surface area contributed by atoms with Crippen molar-refractivity contribution in [1.82, 2.24) is 4.98 Å². The Kier molecular flexibility index (Phi) is 5.25. The molecule has 2 heterocycles. The molecule has 0 spiro atoms. The molecule has 146 valence electrons. The lowest BCUT2D eigenvalue weighted by Gasteiger charge is -2.31. The van der Waals surface area contributed by atoms with Crippen molar-refractivity contribution in [3.05, 3.63) is 76.0 Å². The predicted molar refractivity (Wildman–Crippen MR) is 108 cm³/mol. The van der Waals surface area contributed by atoms with Gasteiger partial charge in [0.1, 0.15) is 6.07 Å². The van der Waals surface area contributed by atoms with E-state index in [0.29, 0.717) is 23.3 Å². The molecule has 0 bridgehead atoms. The van der Waals surface area contributed by atoms with Crippen LogP contribution in [-0.4, -0.2) is 23.0 Å². The van der Waals surface area contributed by atoms with Crippen LogP contribution in [0.3, 0.4) is 0 Å². The highest BCUT2D eigenvalue weighted by molar-refractivity contribution is 5.61. The molecular weight excluding hydrogens is 368 g/mol. The fraction of sp³-hybridized carbons (Fsp3) is 0.273. The van der Waals surface area contributed by atoms with Crippen LogP contribution >= 0.6 is 0 Å². The van der Waals surface area contributed by atoms with Crippen molar-refractivity contribution in [3.8, 4) is 17.5 Å². The van der Waals surface area contributed by atoms with Crippen molar-refractivity contribution < 1.29 is 9.34 Å². The number of piperidine rings is 1. The largest absolute Gasteiger partial charge is 0.419 e. The Morgan fingerprint density at radius 3 is 2.45 bits per heavy atom. The van der Waals surface area contributed by atoms with Crippen LogP contribution in [0.5, 0.6) is 0 Å². The average molecular weight is 388 g/mol. The van der Waals surface area contributed by atoms with E-state index >= 15 is 0 Å². The van der Waals surface area contributed by atoms with Gasteiger partial charge in [0.15, 0.2) is 0 Å². The maximum atomic E-state index is 10.8. The third-order valence-corrected chi connectivity index (χ3v) is 5.31. The van der Waals surface area contributed by atoms with E-state index in [0.717, 1.165) is 32.4 Å². The zero-order valence-corrected chi connectivity index (χ0v) is 15.8. The zero-order chi connectivity index (χ0) is 20.2. The Hall–Kier alpha value is -3.66. The SMILES string of the molecule is N#Cc1nc(-c2ccc([N+](=O)[O-])cc2)oc1N1CCC(Cc2ccccc2)CC1. The number of hydrogen-bond acceptors (Lipinski definition) is 6. The lowest BCUT2D eigenvalue weighted by Crippen LogP contribution is -2.34. The summed E-state index contributed by atoms with van der Waals surface area (Å²) in [5.41, 5.74) is 2.21. The van der Waals surface area contributed by atoms with E-state index in [1.165, 1.54) is 17.7 Å². The molecule has 3 aromatic rings. The molecule has 0 radical (unpaired) electrons. The molecule has 0 unspecified atom stereocenters. The van der Waals surface area contributed by atoms with Gasteiger partial charge in [-0.2, -0.15) is 10.2 Å². The quantitative estimate of drug-likeness (QED) is 0.469. The highest BCUT2D eigenvalue weighted by Gasteiger charge is 2.26. The Labute approximate surface area is 168 Å². The summed E-state index contributed by atoms with van der Waals surface area (Å²) >= 11 is 0. The molecule has 1 aromatic heterocycles. The molecule has 1 aliphatic heterocycles. The second-order valence-corrected chi connectivity index (χ2v) is 7.21. The average Bonchev–Trinajstić information content (AvgIpc) is 3.19. The summed E-state index contributed by atoms with van der Waals surface area (Å²) in [5.74, 6) is 1.40. The number of nitro benzene ring substituents is 1. The number of oxazole rings is 1. The van der Waals surface area contributed by atoms with Gasteiger partial charge in [-0.3, -0.25) is 10.1 Å². The van der Waals surface area contributed by atoms with Crippen LogP contribution in [0.2, 0.25) is 0 Å². The van der Waals surface area contributed by atoms with Crippen LogP contribution in [0.4, 0.5) is 11.6 Å². The van der Waals surface area contributed by atoms with Crippen molar-refractivity contribution in [3.63, 3.8) is 0 Å². The van der Waals surface area contributed by atoms with E-state index in [-0.39, 0.29) is 11.4 Å². The van der Waals surface area contributed by atoms with E-state index in [1.807, 2.05) is 6.07 Å². The summed E-state index contributed by atoms with van der Waals surface area (Å²) in [5, 5.41) is 20.3. The van der Waals surface area contributed by atoms with Crippen molar-refractivity contribution >= 4 is 11.6 Å². The van der Waals surface area contributed by atoms with Crippen molar-refractivity contribution in [2.24, 2.45) is 5.92 Å². The summed E-state index contributed by atoms with van der Waals surface area (Å²) < 4.78 is 5.91. The lowest BCUT2D eigenvalue weighted by molar-refractivity contribution is -0.384. The Balaban J connectivity index is 1.46. The van der Waals surface area contributed by atoms with Crippen LogP contribution < -0.4 is 4.90 Å². The number of rotatable bonds is 5. The summed E-state index contributed by atoms with van der Waals surface area (Å²) in [4.78, 5) is 16.7. The smallest absolute Gasteiger partial charge is 0.269 e. The van der Waals surface area contributed by atoms with Crippen LogP contribution in [0.1, 0.15) is 24.1 Å². The zero-order valence-electron chi connectivity index (χ0n) is 15.8. The van der Waals surface area contributed by atoms with Crippen molar-refractivity contribution in [1.29, 1.82) is 5.26 Å². The van der Waals surface area contributed by atoms with E-state index in [4.69, 9.17) is 4.42 Å².